The molecule has 5 heteroatoms. The molecule has 0 aliphatic heterocycles. The fourth-order valence-corrected chi connectivity index (χ4v) is 4.75. The topological polar surface area (TPSA) is 27.7 Å². The Morgan fingerprint density at radius 3 is 1.55 bits per heavy atom. The molecule has 0 heterocycles. The van der Waals surface area contributed by atoms with Gasteiger partial charge in [-0.05, 0) is 31.4 Å². The van der Waals surface area contributed by atoms with Crippen molar-refractivity contribution in [2.24, 2.45) is 0 Å². The minimum atomic E-state index is -2.78. The lowest BCUT2D eigenvalue weighted by atomic mass is 10.4. The van der Waals surface area contributed by atoms with Gasteiger partial charge in [0.2, 0.25) is 0 Å². The predicted octanol–water partition coefficient (Wildman–Crippen LogP) is 3.87. The average Bonchev–Trinajstić information content (AvgIpc) is 2.48. The largest absolute Gasteiger partial charge is 0.537 e. The summed E-state index contributed by atoms with van der Waals surface area (Å²) < 4.78 is 19.3. The first-order chi connectivity index (χ1) is 9.68. The van der Waals surface area contributed by atoms with Crippen LogP contribution in [0.15, 0.2) is 28.7 Å². The molecule has 0 saturated carbocycles. The van der Waals surface area contributed by atoms with Crippen LogP contribution in [0.1, 0.15) is 40.0 Å². The van der Waals surface area contributed by atoms with E-state index in [1.54, 1.807) is 0 Å². The van der Waals surface area contributed by atoms with Crippen LogP contribution in [-0.2, 0) is 13.3 Å². The maximum atomic E-state index is 6.09. The van der Waals surface area contributed by atoms with Gasteiger partial charge < -0.3 is 13.3 Å². The fourth-order valence-electron chi connectivity index (χ4n) is 1.74. The first-order valence-electron chi connectivity index (χ1n) is 7.36. The van der Waals surface area contributed by atoms with Gasteiger partial charge in [-0.3, -0.25) is 0 Å². The van der Waals surface area contributed by atoms with Crippen LogP contribution in [0, 0.1) is 0 Å². The van der Waals surface area contributed by atoms with E-state index in [1.807, 2.05) is 24.3 Å². The standard InChI is InChI=1S/C15H25BrO3Si/c1-4-11-17-20(18-12-5-2,19-13-6-3)15-9-7-14(16)8-10-15/h7-10H,4-6,11-13H2,1-3H3. The third-order valence-corrected chi connectivity index (χ3v) is 6.01. The molecule has 1 aromatic rings. The molecule has 20 heavy (non-hydrogen) atoms. The summed E-state index contributed by atoms with van der Waals surface area (Å²) in [5.74, 6) is 0. The van der Waals surface area contributed by atoms with Crippen molar-refractivity contribution in [3.05, 3.63) is 28.7 Å². The van der Waals surface area contributed by atoms with E-state index in [1.165, 1.54) is 0 Å². The Morgan fingerprint density at radius 2 is 1.20 bits per heavy atom. The molecule has 0 unspecified atom stereocenters. The monoisotopic (exact) mass is 360 g/mol. The van der Waals surface area contributed by atoms with Gasteiger partial charge in [0.15, 0.2) is 0 Å². The van der Waals surface area contributed by atoms with Crippen LogP contribution in [0.5, 0.6) is 0 Å². The molecule has 0 N–H and O–H groups in total. The Kier molecular flexibility index (Phi) is 8.64. The zero-order chi connectivity index (χ0) is 14.8. The lowest BCUT2D eigenvalue weighted by Gasteiger charge is -2.29. The summed E-state index contributed by atoms with van der Waals surface area (Å²) in [6.45, 7) is 8.28. The Morgan fingerprint density at radius 1 is 0.800 bits per heavy atom. The molecule has 0 aromatic heterocycles. The lowest BCUT2D eigenvalue weighted by molar-refractivity contribution is 0.0732. The highest BCUT2D eigenvalue weighted by molar-refractivity contribution is 9.10. The fraction of sp³-hybridized carbons (Fsp3) is 0.600. The van der Waals surface area contributed by atoms with E-state index in [-0.39, 0.29) is 0 Å². The molecule has 0 spiro atoms. The van der Waals surface area contributed by atoms with E-state index in [0.29, 0.717) is 19.8 Å². The van der Waals surface area contributed by atoms with E-state index < -0.39 is 8.80 Å². The Bertz CT molecular complexity index is 348. The van der Waals surface area contributed by atoms with Crippen molar-refractivity contribution in [3.63, 3.8) is 0 Å². The second-order valence-electron chi connectivity index (χ2n) is 4.61. The Hall–Kier alpha value is -0.203. The summed E-state index contributed by atoms with van der Waals surface area (Å²) in [6.07, 6.45) is 2.86. The van der Waals surface area contributed by atoms with Crippen LogP contribution in [-0.4, -0.2) is 28.6 Å². The number of hydrogen-bond donors (Lipinski definition) is 0. The first kappa shape index (κ1) is 17.8. The average molecular weight is 361 g/mol. The predicted molar refractivity (Wildman–Crippen MR) is 88.3 cm³/mol. The van der Waals surface area contributed by atoms with Crippen LogP contribution < -0.4 is 5.19 Å². The van der Waals surface area contributed by atoms with Gasteiger partial charge in [0.1, 0.15) is 0 Å². The van der Waals surface area contributed by atoms with Crippen molar-refractivity contribution in [1.29, 1.82) is 0 Å². The van der Waals surface area contributed by atoms with E-state index in [9.17, 15) is 0 Å². The van der Waals surface area contributed by atoms with Gasteiger partial charge in [-0.2, -0.15) is 0 Å². The molecule has 114 valence electrons. The Balaban J connectivity index is 3.00. The van der Waals surface area contributed by atoms with Gasteiger partial charge in [-0.25, -0.2) is 0 Å². The van der Waals surface area contributed by atoms with Gasteiger partial charge >= 0.3 is 8.80 Å². The molecule has 0 aliphatic carbocycles. The number of hydrogen-bond acceptors (Lipinski definition) is 3. The van der Waals surface area contributed by atoms with Crippen molar-refractivity contribution < 1.29 is 13.3 Å². The van der Waals surface area contributed by atoms with E-state index in [4.69, 9.17) is 13.3 Å². The van der Waals surface area contributed by atoms with Crippen LogP contribution in [0.4, 0.5) is 0 Å². The molecule has 0 aliphatic rings. The molecule has 1 rings (SSSR count). The SMILES string of the molecule is CCCO[Si](OCCC)(OCCC)c1ccc(Br)cc1. The number of rotatable bonds is 10. The molecule has 1 aromatic carbocycles. The molecule has 0 atom stereocenters. The van der Waals surface area contributed by atoms with Gasteiger partial charge in [-0.15, -0.1) is 0 Å². The highest BCUT2D eigenvalue weighted by Gasteiger charge is 2.43. The molecule has 3 nitrogen and oxygen atoms in total. The maximum Gasteiger partial charge on any atom is 0.537 e. The maximum absolute atomic E-state index is 6.09. The summed E-state index contributed by atoms with van der Waals surface area (Å²) >= 11 is 3.46. The number of benzene rings is 1. The zero-order valence-corrected chi connectivity index (χ0v) is 15.2. The van der Waals surface area contributed by atoms with Gasteiger partial charge in [0, 0.05) is 29.5 Å². The molecule has 0 radical (unpaired) electrons. The normalized spacial score (nSPS) is 11.8. The third-order valence-electron chi connectivity index (χ3n) is 2.69. The van der Waals surface area contributed by atoms with Crippen molar-refractivity contribution in [1.82, 2.24) is 0 Å². The van der Waals surface area contributed by atoms with E-state index in [0.717, 1.165) is 28.9 Å². The van der Waals surface area contributed by atoms with Crippen LogP contribution in [0.25, 0.3) is 0 Å². The molecular weight excluding hydrogens is 336 g/mol. The minimum Gasteiger partial charge on any atom is -0.370 e. The van der Waals surface area contributed by atoms with Gasteiger partial charge in [0.25, 0.3) is 0 Å². The molecule has 0 amide bonds. The van der Waals surface area contributed by atoms with Crippen molar-refractivity contribution >= 4 is 29.9 Å². The molecule has 0 bridgehead atoms. The Labute approximate surface area is 132 Å². The van der Waals surface area contributed by atoms with Crippen LogP contribution in [0.3, 0.4) is 0 Å². The highest BCUT2D eigenvalue weighted by atomic mass is 79.9. The second kappa shape index (κ2) is 9.68. The van der Waals surface area contributed by atoms with Crippen molar-refractivity contribution in [3.8, 4) is 0 Å². The third kappa shape index (κ3) is 5.29. The molecule has 0 fully saturated rings. The zero-order valence-electron chi connectivity index (χ0n) is 12.7. The minimum absolute atomic E-state index is 0.662. The molecular formula is C15H25BrO3Si. The number of halogens is 1. The van der Waals surface area contributed by atoms with E-state index >= 15 is 0 Å². The summed E-state index contributed by atoms with van der Waals surface area (Å²) in [5, 5.41) is 1.04. The van der Waals surface area contributed by atoms with Crippen LogP contribution in [0.2, 0.25) is 0 Å². The highest BCUT2D eigenvalue weighted by Crippen LogP contribution is 2.15. The van der Waals surface area contributed by atoms with Crippen molar-refractivity contribution in [2.75, 3.05) is 19.8 Å². The van der Waals surface area contributed by atoms with Crippen molar-refractivity contribution in [2.45, 2.75) is 40.0 Å². The smallest absolute Gasteiger partial charge is 0.370 e. The summed E-state index contributed by atoms with van der Waals surface area (Å²) in [5.41, 5.74) is 0. The van der Waals surface area contributed by atoms with Gasteiger partial charge in [-0.1, -0.05) is 48.8 Å². The van der Waals surface area contributed by atoms with E-state index in [2.05, 4.69) is 36.7 Å². The lowest BCUT2D eigenvalue weighted by Crippen LogP contribution is -2.57. The first-order valence-corrected chi connectivity index (χ1v) is 9.88. The summed E-state index contributed by atoms with van der Waals surface area (Å²) in [7, 11) is -2.78. The van der Waals surface area contributed by atoms with Gasteiger partial charge in [0.05, 0.1) is 0 Å². The quantitative estimate of drug-likeness (QED) is 0.592. The summed E-state index contributed by atoms with van der Waals surface area (Å²) in [4.78, 5) is 0. The van der Waals surface area contributed by atoms with Crippen LogP contribution >= 0.6 is 15.9 Å². The second-order valence-corrected chi connectivity index (χ2v) is 8.08. The molecule has 0 saturated heterocycles. The summed E-state index contributed by atoms with van der Waals surface area (Å²) in [6, 6.07) is 8.10.